The van der Waals surface area contributed by atoms with E-state index >= 15 is 0 Å². The molecule has 0 saturated heterocycles. The molecule has 0 N–H and O–H groups in total. The maximum atomic E-state index is 2.72. The summed E-state index contributed by atoms with van der Waals surface area (Å²) in [6.07, 6.45) is 0. The van der Waals surface area contributed by atoms with Crippen LogP contribution in [-0.4, -0.2) is 8.24 Å². The van der Waals surface area contributed by atoms with E-state index in [-0.39, 0.29) is 0 Å². The van der Waals surface area contributed by atoms with E-state index in [1.54, 1.807) is 0 Å². The lowest BCUT2D eigenvalue weighted by Crippen LogP contribution is -2.79. The van der Waals surface area contributed by atoms with Crippen LogP contribution in [0.25, 0.3) is 22.3 Å². The van der Waals surface area contributed by atoms with Crippen LogP contribution in [0.15, 0.2) is 127 Å². The molecule has 2 heterocycles. The number of nitrogens with zero attached hydrogens (tertiary/aromatic N) is 1. The standard InChI is InChI=1S/C30H21NSi/c1-2-12-22(13-3-1)32-29-20-10-6-16-25(29)23-14-4-8-18-27(23)31(32)28-19-9-5-15-24(28)26-17-7-11-21-30(26)32/h1-21H. The maximum absolute atomic E-state index is 2.72. The van der Waals surface area contributed by atoms with Crippen LogP contribution >= 0.6 is 0 Å². The van der Waals surface area contributed by atoms with Crippen LogP contribution in [0.5, 0.6) is 0 Å². The van der Waals surface area contributed by atoms with Crippen molar-refractivity contribution in [2.45, 2.75) is 0 Å². The van der Waals surface area contributed by atoms with Gasteiger partial charge in [-0.25, -0.2) is 0 Å². The lowest BCUT2D eigenvalue weighted by Gasteiger charge is -2.52. The molecule has 2 heteroatoms. The van der Waals surface area contributed by atoms with Gasteiger partial charge in [0.15, 0.2) is 0 Å². The van der Waals surface area contributed by atoms with E-state index in [4.69, 9.17) is 0 Å². The quantitative estimate of drug-likeness (QED) is 0.324. The minimum absolute atomic E-state index is 1.31. The Morgan fingerprint density at radius 2 is 0.781 bits per heavy atom. The monoisotopic (exact) mass is 423 g/mol. The molecule has 5 aromatic carbocycles. The predicted molar refractivity (Wildman–Crippen MR) is 137 cm³/mol. The topological polar surface area (TPSA) is 3.24 Å². The third-order valence-corrected chi connectivity index (χ3v) is 11.8. The van der Waals surface area contributed by atoms with Crippen molar-refractivity contribution >= 4 is 35.2 Å². The zero-order valence-electron chi connectivity index (χ0n) is 17.6. The molecule has 0 saturated carbocycles. The van der Waals surface area contributed by atoms with Crippen LogP contribution in [0.2, 0.25) is 0 Å². The molecule has 0 fully saturated rings. The Bertz CT molecular complexity index is 1400. The molecule has 150 valence electrons. The van der Waals surface area contributed by atoms with Crippen molar-refractivity contribution in [3.8, 4) is 22.3 Å². The van der Waals surface area contributed by atoms with Gasteiger partial charge >= 0.3 is 0 Å². The first-order valence-corrected chi connectivity index (χ1v) is 13.1. The van der Waals surface area contributed by atoms with Gasteiger partial charge in [-0.15, -0.1) is 0 Å². The fourth-order valence-corrected chi connectivity index (χ4v) is 11.2. The van der Waals surface area contributed by atoms with Gasteiger partial charge in [-0.2, -0.15) is 0 Å². The average molecular weight is 424 g/mol. The minimum Gasteiger partial charge on any atom is -0.355 e. The van der Waals surface area contributed by atoms with Crippen LogP contribution in [0.4, 0.5) is 11.4 Å². The smallest absolute Gasteiger partial charge is 0.258 e. The van der Waals surface area contributed by atoms with Crippen molar-refractivity contribution in [2.24, 2.45) is 0 Å². The Morgan fingerprint density at radius 1 is 0.375 bits per heavy atom. The Hall–Kier alpha value is -3.88. The summed E-state index contributed by atoms with van der Waals surface area (Å²) in [4.78, 5) is 0. The number of para-hydroxylation sites is 2. The van der Waals surface area contributed by atoms with Crippen LogP contribution in [0, 0.1) is 0 Å². The van der Waals surface area contributed by atoms with Crippen LogP contribution in [-0.2, 0) is 0 Å². The van der Waals surface area contributed by atoms with Crippen molar-refractivity contribution in [1.82, 2.24) is 0 Å². The molecule has 0 bridgehead atoms. The Labute approximate surface area is 189 Å². The van der Waals surface area contributed by atoms with Gasteiger partial charge in [-0.1, -0.05) is 115 Å². The summed E-state index contributed by atoms with van der Waals surface area (Å²) < 4.78 is 2.72. The number of hydrogen-bond donors (Lipinski definition) is 0. The van der Waals surface area contributed by atoms with Crippen molar-refractivity contribution in [2.75, 3.05) is 4.57 Å². The van der Waals surface area contributed by atoms with Gasteiger partial charge in [0.25, 0.3) is 8.24 Å². The zero-order valence-corrected chi connectivity index (χ0v) is 18.6. The molecule has 1 nitrogen and oxygen atoms in total. The van der Waals surface area contributed by atoms with Gasteiger partial charge in [-0.05, 0) is 38.8 Å². The molecule has 7 rings (SSSR count). The molecule has 0 amide bonds. The van der Waals surface area contributed by atoms with E-state index in [0.29, 0.717) is 0 Å². The first-order chi connectivity index (χ1) is 15.9. The third kappa shape index (κ3) is 2.12. The molecular formula is C30H21NSi. The molecule has 0 atom stereocenters. The van der Waals surface area contributed by atoms with Gasteiger partial charge < -0.3 is 4.57 Å². The second-order valence-electron chi connectivity index (χ2n) is 8.54. The molecule has 0 spiro atoms. The Morgan fingerprint density at radius 3 is 1.31 bits per heavy atom. The summed E-state index contributed by atoms with van der Waals surface area (Å²) in [5.41, 5.74) is 7.98. The van der Waals surface area contributed by atoms with E-state index < -0.39 is 8.24 Å². The van der Waals surface area contributed by atoms with E-state index in [9.17, 15) is 0 Å². The highest BCUT2D eigenvalue weighted by Gasteiger charge is 2.54. The average Bonchev–Trinajstić information content (AvgIpc) is 2.89. The van der Waals surface area contributed by atoms with Crippen LogP contribution in [0.3, 0.4) is 0 Å². The summed E-state index contributed by atoms with van der Waals surface area (Å²) in [5, 5.41) is 4.35. The number of anilines is 2. The largest absolute Gasteiger partial charge is 0.355 e. The molecular weight excluding hydrogens is 402 g/mol. The van der Waals surface area contributed by atoms with Gasteiger partial charge in [0.2, 0.25) is 0 Å². The number of fused-ring (bicyclic) bond motifs is 11. The predicted octanol–water partition coefficient (Wildman–Crippen LogP) is 5.45. The molecule has 2 aliphatic heterocycles. The molecule has 2 aliphatic rings. The van der Waals surface area contributed by atoms with E-state index in [1.807, 2.05) is 0 Å². The summed E-state index contributed by atoms with van der Waals surface area (Å²) in [6.45, 7) is 0. The fraction of sp³-hybridized carbons (Fsp3) is 0. The van der Waals surface area contributed by atoms with Crippen molar-refractivity contribution in [3.05, 3.63) is 127 Å². The Kier molecular flexibility index (Phi) is 3.64. The maximum Gasteiger partial charge on any atom is 0.258 e. The van der Waals surface area contributed by atoms with Crippen LogP contribution in [0.1, 0.15) is 0 Å². The molecule has 0 unspecified atom stereocenters. The highest BCUT2D eigenvalue weighted by molar-refractivity contribution is 7.16. The van der Waals surface area contributed by atoms with Crippen molar-refractivity contribution < 1.29 is 0 Å². The van der Waals surface area contributed by atoms with Gasteiger partial charge in [-0.3, -0.25) is 0 Å². The highest BCUT2D eigenvalue weighted by Crippen LogP contribution is 2.48. The second-order valence-corrected chi connectivity index (χ2v) is 12.1. The minimum atomic E-state index is -2.59. The number of hydrogen-bond acceptors (Lipinski definition) is 1. The zero-order chi connectivity index (χ0) is 21.1. The fourth-order valence-electron chi connectivity index (χ4n) is 5.86. The highest BCUT2D eigenvalue weighted by atomic mass is 28.3. The van der Waals surface area contributed by atoms with Gasteiger partial charge in [0.1, 0.15) is 0 Å². The molecule has 5 aromatic rings. The summed E-state index contributed by atoms with van der Waals surface area (Å²) >= 11 is 0. The lowest BCUT2D eigenvalue weighted by atomic mass is 10.00. The van der Waals surface area contributed by atoms with Crippen molar-refractivity contribution in [1.29, 1.82) is 0 Å². The summed E-state index contributed by atoms with van der Waals surface area (Å²) in [6, 6.07) is 47.2. The summed E-state index contributed by atoms with van der Waals surface area (Å²) in [7, 11) is -2.59. The molecule has 0 radical (unpaired) electrons. The molecule has 32 heavy (non-hydrogen) atoms. The summed E-state index contributed by atoms with van der Waals surface area (Å²) in [5.74, 6) is 0. The van der Waals surface area contributed by atoms with E-state index in [0.717, 1.165) is 0 Å². The first kappa shape index (κ1) is 17.8. The van der Waals surface area contributed by atoms with Crippen molar-refractivity contribution in [3.63, 3.8) is 0 Å². The number of benzene rings is 5. The van der Waals surface area contributed by atoms with E-state index in [2.05, 4.69) is 132 Å². The third-order valence-electron chi connectivity index (χ3n) is 7.03. The van der Waals surface area contributed by atoms with E-state index in [1.165, 1.54) is 49.2 Å². The lowest BCUT2D eigenvalue weighted by molar-refractivity contribution is 1.32. The van der Waals surface area contributed by atoms with Crippen LogP contribution < -0.4 is 20.1 Å². The molecule has 0 aliphatic carbocycles. The van der Waals surface area contributed by atoms with Gasteiger partial charge in [0.05, 0.1) is 0 Å². The molecule has 0 aromatic heterocycles. The van der Waals surface area contributed by atoms with Gasteiger partial charge in [0, 0.05) is 22.5 Å². The Balaban J connectivity index is 1.75. The second kappa shape index (κ2) is 6.56. The SMILES string of the molecule is c1ccc([Si]23c4ccccc4-c4ccccc4N2c2ccccc2-c2ccccc23)cc1. The first-order valence-electron chi connectivity index (χ1n) is 11.1. The normalized spacial score (nSPS) is 14.4. The number of rotatable bonds is 1.